The fourth-order valence-electron chi connectivity index (χ4n) is 3.41. The monoisotopic (exact) mass is 375 g/mol. The van der Waals surface area contributed by atoms with Crippen LogP contribution in [0.2, 0.25) is 5.02 Å². The van der Waals surface area contributed by atoms with E-state index in [0.717, 1.165) is 49.1 Å². The number of aromatic amines is 1. The Morgan fingerprint density at radius 3 is 2.92 bits per heavy atom. The third kappa shape index (κ3) is 3.42. The molecule has 3 heterocycles. The minimum absolute atomic E-state index is 0.0254. The number of rotatable bonds is 3. The van der Waals surface area contributed by atoms with Crippen LogP contribution in [0.15, 0.2) is 34.4 Å². The summed E-state index contributed by atoms with van der Waals surface area (Å²) in [4.78, 5) is 23.5. The van der Waals surface area contributed by atoms with E-state index in [9.17, 15) is 4.79 Å². The van der Waals surface area contributed by atoms with Gasteiger partial charge in [0.15, 0.2) is 5.82 Å². The summed E-state index contributed by atoms with van der Waals surface area (Å²) >= 11 is 7.59. The van der Waals surface area contributed by atoms with Crippen LogP contribution >= 0.6 is 22.9 Å². The highest BCUT2D eigenvalue weighted by molar-refractivity contribution is 7.17. The number of benzene rings is 1. The number of H-pyrrole nitrogens is 1. The van der Waals surface area contributed by atoms with Gasteiger partial charge in [-0.05, 0) is 36.1 Å². The first-order chi connectivity index (χ1) is 12.1. The zero-order valence-electron chi connectivity index (χ0n) is 14.0. The first-order valence-corrected chi connectivity index (χ1v) is 9.67. The van der Waals surface area contributed by atoms with Gasteiger partial charge in [-0.25, -0.2) is 4.98 Å². The number of thiophene rings is 1. The number of nitrogens with one attached hydrogen (secondary N) is 2. The summed E-state index contributed by atoms with van der Waals surface area (Å²) in [5, 5.41) is 2.69. The van der Waals surface area contributed by atoms with E-state index in [1.807, 2.05) is 23.6 Å². The molecule has 2 aromatic heterocycles. The van der Waals surface area contributed by atoms with E-state index >= 15 is 0 Å². The molecule has 0 bridgehead atoms. The van der Waals surface area contributed by atoms with E-state index in [4.69, 9.17) is 11.6 Å². The highest BCUT2D eigenvalue weighted by Crippen LogP contribution is 2.24. The maximum atomic E-state index is 12.1. The Bertz CT molecular complexity index is 959. The third-order valence-electron chi connectivity index (χ3n) is 4.76. The van der Waals surface area contributed by atoms with Gasteiger partial charge in [-0.1, -0.05) is 17.7 Å². The molecule has 0 saturated carbocycles. The Balaban J connectivity index is 1.44. The Hall–Kier alpha value is -1.89. The molecule has 130 valence electrons. The molecule has 0 unspecified atom stereocenters. The molecule has 7 heteroatoms. The second kappa shape index (κ2) is 6.78. The fraction of sp³-hybridized carbons (Fsp3) is 0.333. The topological polar surface area (TPSA) is 53.4 Å². The van der Waals surface area contributed by atoms with Crippen molar-refractivity contribution in [1.29, 1.82) is 0 Å². The number of nitrogens with zero attached hydrogens (tertiary/aromatic N) is 2. The van der Waals surface area contributed by atoms with Crippen molar-refractivity contribution in [3.05, 3.63) is 56.4 Å². The molecule has 0 amide bonds. The average Bonchev–Trinajstić information content (AvgIpc) is 3.07. The number of halogens is 1. The largest absolute Gasteiger partial charge is 0.360 e. The Morgan fingerprint density at radius 2 is 2.12 bits per heavy atom. The molecule has 1 saturated heterocycles. The van der Waals surface area contributed by atoms with Crippen molar-refractivity contribution in [3.63, 3.8) is 0 Å². The summed E-state index contributed by atoms with van der Waals surface area (Å²) in [6.07, 6.45) is 0. The summed E-state index contributed by atoms with van der Waals surface area (Å²) in [5.41, 5.74) is 3.25. The lowest BCUT2D eigenvalue weighted by molar-refractivity contribution is -0.915. The maximum absolute atomic E-state index is 12.1. The van der Waals surface area contributed by atoms with E-state index in [-0.39, 0.29) is 5.56 Å². The van der Waals surface area contributed by atoms with Crippen LogP contribution in [0.3, 0.4) is 0 Å². The third-order valence-corrected chi connectivity index (χ3v) is 5.90. The number of fused-ring (bicyclic) bond motifs is 1. The van der Waals surface area contributed by atoms with E-state index in [0.29, 0.717) is 4.70 Å². The second-order valence-corrected chi connectivity index (χ2v) is 7.84. The summed E-state index contributed by atoms with van der Waals surface area (Å²) in [5.74, 6) is 0.776. The molecule has 1 fully saturated rings. The minimum Gasteiger partial charge on any atom is -0.360 e. The van der Waals surface area contributed by atoms with Gasteiger partial charge in [0.25, 0.3) is 5.56 Å². The predicted molar refractivity (Wildman–Crippen MR) is 103 cm³/mol. The van der Waals surface area contributed by atoms with Gasteiger partial charge in [0, 0.05) is 10.7 Å². The van der Waals surface area contributed by atoms with Crippen LogP contribution in [0.5, 0.6) is 0 Å². The quantitative estimate of drug-likeness (QED) is 0.734. The first-order valence-electron chi connectivity index (χ1n) is 8.41. The van der Waals surface area contributed by atoms with E-state index in [2.05, 4.69) is 27.9 Å². The van der Waals surface area contributed by atoms with Crippen molar-refractivity contribution in [3.8, 4) is 0 Å². The molecule has 1 aliphatic heterocycles. The molecule has 0 radical (unpaired) electrons. The molecule has 0 spiro atoms. The number of piperazine rings is 1. The zero-order valence-corrected chi connectivity index (χ0v) is 15.6. The van der Waals surface area contributed by atoms with Crippen LogP contribution < -0.4 is 15.4 Å². The van der Waals surface area contributed by atoms with Crippen LogP contribution in [0.25, 0.3) is 10.2 Å². The van der Waals surface area contributed by atoms with Crippen LogP contribution in [0.4, 0.5) is 5.69 Å². The molecular weight excluding hydrogens is 356 g/mol. The van der Waals surface area contributed by atoms with Gasteiger partial charge in [0.1, 0.15) is 11.2 Å². The standard InChI is InChI=1S/C18H19ClN4OS/c1-12-2-3-13(19)10-15(12)23-7-5-22(6-8-23)11-16-20-14-4-9-25-17(14)18(24)21-16/h2-4,9-10H,5-8,11H2,1H3,(H,20,21,24)/p+1. The van der Waals surface area contributed by atoms with Crippen molar-refractivity contribution >= 4 is 38.8 Å². The number of aryl methyl sites for hydroxylation is 1. The Labute approximate surface area is 154 Å². The average molecular weight is 376 g/mol. The van der Waals surface area contributed by atoms with Crippen LogP contribution in [0.1, 0.15) is 11.4 Å². The molecule has 5 nitrogen and oxygen atoms in total. The Morgan fingerprint density at radius 1 is 1.32 bits per heavy atom. The van der Waals surface area contributed by atoms with Crippen LogP contribution in [0, 0.1) is 6.92 Å². The lowest BCUT2D eigenvalue weighted by atomic mass is 10.1. The molecule has 25 heavy (non-hydrogen) atoms. The number of hydrogen-bond donors (Lipinski definition) is 2. The van der Waals surface area contributed by atoms with Gasteiger partial charge in [0.05, 0.1) is 31.7 Å². The molecule has 1 aromatic carbocycles. The second-order valence-electron chi connectivity index (χ2n) is 6.49. The fourth-order valence-corrected chi connectivity index (χ4v) is 4.30. The van der Waals surface area contributed by atoms with E-state index < -0.39 is 0 Å². The summed E-state index contributed by atoms with van der Waals surface area (Å²) in [6, 6.07) is 7.96. The van der Waals surface area contributed by atoms with Gasteiger partial charge in [-0.15, -0.1) is 11.3 Å². The zero-order chi connectivity index (χ0) is 17.4. The number of anilines is 1. The van der Waals surface area contributed by atoms with Gasteiger partial charge in [0.2, 0.25) is 0 Å². The number of quaternary nitrogens is 1. The van der Waals surface area contributed by atoms with E-state index in [1.165, 1.54) is 27.5 Å². The number of aromatic nitrogens is 2. The lowest BCUT2D eigenvalue weighted by Crippen LogP contribution is -3.13. The molecule has 4 rings (SSSR count). The van der Waals surface area contributed by atoms with Crippen molar-refractivity contribution in [2.24, 2.45) is 0 Å². The summed E-state index contributed by atoms with van der Waals surface area (Å²) in [6.45, 7) is 6.84. The van der Waals surface area contributed by atoms with Crippen molar-refractivity contribution in [2.45, 2.75) is 13.5 Å². The highest BCUT2D eigenvalue weighted by Gasteiger charge is 2.22. The maximum Gasteiger partial charge on any atom is 0.269 e. The van der Waals surface area contributed by atoms with Gasteiger partial charge in [-0.2, -0.15) is 0 Å². The minimum atomic E-state index is -0.0254. The SMILES string of the molecule is Cc1ccc(Cl)cc1N1CC[NH+](Cc2nc3ccsc3c(=O)[nH]2)CC1. The smallest absolute Gasteiger partial charge is 0.269 e. The van der Waals surface area contributed by atoms with Crippen LogP contribution in [-0.2, 0) is 6.54 Å². The summed E-state index contributed by atoms with van der Waals surface area (Å²) in [7, 11) is 0. The van der Waals surface area contributed by atoms with E-state index in [1.54, 1.807) is 0 Å². The lowest BCUT2D eigenvalue weighted by Gasteiger charge is -2.34. The van der Waals surface area contributed by atoms with Crippen molar-refractivity contribution in [1.82, 2.24) is 9.97 Å². The van der Waals surface area contributed by atoms with Gasteiger partial charge >= 0.3 is 0 Å². The first kappa shape index (κ1) is 16.6. The normalized spacial score (nSPS) is 15.8. The van der Waals surface area contributed by atoms with Crippen LogP contribution in [-0.4, -0.2) is 36.1 Å². The summed E-state index contributed by atoms with van der Waals surface area (Å²) < 4.78 is 0.708. The molecular formula is C18H20ClN4OS+. The molecule has 1 aliphatic rings. The van der Waals surface area contributed by atoms with Gasteiger partial charge < -0.3 is 14.8 Å². The molecule has 2 N–H and O–H groups in total. The molecule has 0 aliphatic carbocycles. The molecule has 3 aromatic rings. The van der Waals surface area contributed by atoms with Crippen molar-refractivity contribution < 1.29 is 4.90 Å². The highest BCUT2D eigenvalue weighted by atomic mass is 35.5. The number of hydrogen-bond acceptors (Lipinski definition) is 4. The van der Waals surface area contributed by atoms with Gasteiger partial charge in [-0.3, -0.25) is 4.79 Å². The Kier molecular flexibility index (Phi) is 4.50. The molecule has 0 atom stereocenters. The predicted octanol–water partition coefficient (Wildman–Crippen LogP) is 1.85. The van der Waals surface area contributed by atoms with Crippen molar-refractivity contribution in [2.75, 3.05) is 31.1 Å².